The van der Waals surface area contributed by atoms with Crippen LogP contribution in [0.2, 0.25) is 0 Å². The van der Waals surface area contributed by atoms with E-state index < -0.39 is 0 Å². The van der Waals surface area contributed by atoms with E-state index >= 15 is 0 Å². The predicted octanol–water partition coefficient (Wildman–Crippen LogP) is 1.70. The number of rotatable bonds is 2. The van der Waals surface area contributed by atoms with Gasteiger partial charge in [-0.05, 0) is 11.2 Å². The van der Waals surface area contributed by atoms with Crippen LogP contribution in [-0.2, 0) is 0 Å². The maximum Gasteiger partial charge on any atom is 0.262 e. The van der Waals surface area contributed by atoms with E-state index in [1.54, 1.807) is 0 Å². The molecule has 2 rings (SSSR count). The molecule has 0 atom stereocenters. The lowest BCUT2D eigenvalue weighted by atomic mass is 10.2. The Balaban J connectivity index is 2.52. The van der Waals surface area contributed by atoms with Crippen LogP contribution in [-0.4, -0.2) is 11.4 Å². The van der Waals surface area contributed by atoms with Gasteiger partial charge in [0.1, 0.15) is 0 Å². The molecule has 72 valence electrons. The number of hydrogen-bond acceptors (Lipinski definition) is 4. The van der Waals surface area contributed by atoms with Crippen molar-refractivity contribution >= 4 is 11.8 Å². The Bertz CT molecular complexity index is 428. The maximum absolute atomic E-state index is 11.1. The first kappa shape index (κ1) is 9.08. The molecule has 0 radical (unpaired) electrons. The van der Waals surface area contributed by atoms with Crippen molar-refractivity contribution in [2.24, 2.45) is 0 Å². The first-order valence-electron chi connectivity index (χ1n) is 4.02. The molecule has 0 spiro atoms. The topological polar surface area (TPSA) is 53.0 Å². The monoisotopic (exact) mass is 208 g/mol. The number of aromatic nitrogens is 2. The van der Waals surface area contributed by atoms with E-state index in [0.717, 1.165) is 5.56 Å². The van der Waals surface area contributed by atoms with Crippen molar-refractivity contribution in [3.63, 3.8) is 0 Å². The molecule has 0 fully saturated rings. The highest BCUT2D eigenvalue weighted by atomic mass is 32.2. The zero-order chi connectivity index (χ0) is 9.97. The molecule has 1 aromatic carbocycles. The van der Waals surface area contributed by atoms with Gasteiger partial charge in [-0.25, -0.2) is 0 Å². The summed E-state index contributed by atoms with van der Waals surface area (Å²) in [5.41, 5.74) is 1.48. The van der Waals surface area contributed by atoms with Gasteiger partial charge >= 0.3 is 0 Å². The van der Waals surface area contributed by atoms with Gasteiger partial charge in [-0.2, -0.15) is 0 Å². The molecule has 0 saturated carbocycles. The Morgan fingerprint density at radius 3 is 2.71 bits per heavy atom. The summed E-state index contributed by atoms with van der Waals surface area (Å²) in [5.74, 6) is 0. The molecule has 0 aliphatic rings. The van der Waals surface area contributed by atoms with E-state index in [4.69, 9.17) is 0 Å². The number of benzene rings is 1. The van der Waals surface area contributed by atoms with E-state index in [1.807, 2.05) is 36.6 Å². The minimum absolute atomic E-state index is 0.424. The molecule has 0 unspecified atom stereocenters. The first-order chi connectivity index (χ1) is 6.83. The van der Waals surface area contributed by atoms with E-state index in [1.165, 1.54) is 11.8 Å². The van der Waals surface area contributed by atoms with Crippen LogP contribution in [0.4, 0.5) is 0 Å². The molecular weight excluding hydrogens is 200 g/mol. The number of nitrogens with zero attached hydrogens (tertiary/aromatic N) is 2. The van der Waals surface area contributed by atoms with Gasteiger partial charge in [-0.15, -0.1) is 0 Å². The smallest absolute Gasteiger partial charge is 0.262 e. The SMILES string of the molecule is CSc1c(-c2ccccc2)no[n+]1[O-]. The second kappa shape index (κ2) is 3.71. The molecule has 5 heteroatoms. The Labute approximate surface area is 85.1 Å². The molecule has 0 N–H and O–H groups in total. The molecule has 0 aliphatic heterocycles. The molecule has 2 aromatic rings. The molecule has 1 aromatic heterocycles. The van der Waals surface area contributed by atoms with Crippen molar-refractivity contribution in [1.29, 1.82) is 0 Å². The lowest BCUT2D eigenvalue weighted by Crippen LogP contribution is -2.24. The fraction of sp³-hybridized carbons (Fsp3) is 0.111. The largest absolute Gasteiger partial charge is 0.359 e. The maximum atomic E-state index is 11.1. The Morgan fingerprint density at radius 1 is 1.36 bits per heavy atom. The number of thioether (sulfide) groups is 1. The molecule has 14 heavy (non-hydrogen) atoms. The van der Waals surface area contributed by atoms with Gasteiger partial charge in [0.15, 0.2) is 0 Å². The fourth-order valence-electron chi connectivity index (χ4n) is 1.18. The van der Waals surface area contributed by atoms with Crippen molar-refractivity contribution in [3.05, 3.63) is 35.5 Å². The summed E-state index contributed by atoms with van der Waals surface area (Å²) in [4.78, 5) is 0.424. The molecule has 0 aliphatic carbocycles. The quantitative estimate of drug-likeness (QED) is 0.556. The zero-order valence-corrected chi connectivity index (χ0v) is 8.32. The van der Waals surface area contributed by atoms with Crippen LogP contribution in [0.5, 0.6) is 0 Å². The summed E-state index contributed by atoms with van der Waals surface area (Å²) >= 11 is 1.32. The summed E-state index contributed by atoms with van der Waals surface area (Å²) in [5, 5.41) is 15.3. The minimum Gasteiger partial charge on any atom is -0.359 e. The average Bonchev–Trinajstić information content (AvgIpc) is 2.61. The molecule has 1 heterocycles. The Morgan fingerprint density at radius 2 is 2.07 bits per heavy atom. The van der Waals surface area contributed by atoms with Gasteiger partial charge in [-0.1, -0.05) is 42.1 Å². The first-order valence-corrected chi connectivity index (χ1v) is 5.24. The molecular formula is C9H8N2O2S. The van der Waals surface area contributed by atoms with Crippen molar-refractivity contribution in [1.82, 2.24) is 5.16 Å². The summed E-state index contributed by atoms with van der Waals surface area (Å²) in [6, 6.07) is 9.47. The van der Waals surface area contributed by atoms with Gasteiger partial charge < -0.3 is 5.21 Å². The summed E-state index contributed by atoms with van der Waals surface area (Å²) in [6.45, 7) is 0. The molecule has 0 amide bonds. The van der Waals surface area contributed by atoms with E-state index in [0.29, 0.717) is 15.6 Å². The second-order valence-corrected chi connectivity index (χ2v) is 3.45. The van der Waals surface area contributed by atoms with E-state index in [9.17, 15) is 5.21 Å². The highest BCUT2D eigenvalue weighted by Crippen LogP contribution is 2.24. The highest BCUT2D eigenvalue weighted by molar-refractivity contribution is 7.98. The van der Waals surface area contributed by atoms with Crippen LogP contribution in [0, 0.1) is 5.21 Å². The van der Waals surface area contributed by atoms with Crippen LogP contribution in [0.1, 0.15) is 0 Å². The van der Waals surface area contributed by atoms with Crippen molar-refractivity contribution in [3.8, 4) is 11.3 Å². The van der Waals surface area contributed by atoms with E-state index in [-0.39, 0.29) is 0 Å². The summed E-state index contributed by atoms with van der Waals surface area (Å²) in [6.07, 6.45) is 1.81. The third-order valence-corrected chi connectivity index (χ3v) is 2.54. The van der Waals surface area contributed by atoms with Crippen LogP contribution >= 0.6 is 11.8 Å². The van der Waals surface area contributed by atoms with Crippen LogP contribution < -0.4 is 4.90 Å². The predicted molar refractivity (Wildman–Crippen MR) is 52.7 cm³/mol. The minimum atomic E-state index is 0.424. The van der Waals surface area contributed by atoms with Crippen molar-refractivity contribution < 1.29 is 9.53 Å². The fourth-order valence-corrected chi connectivity index (χ4v) is 1.71. The normalized spacial score (nSPS) is 10.4. The van der Waals surface area contributed by atoms with Gasteiger partial charge in [0.25, 0.3) is 10.7 Å². The zero-order valence-electron chi connectivity index (χ0n) is 7.51. The summed E-state index contributed by atoms with van der Waals surface area (Å²) < 4.78 is 4.53. The third-order valence-electron chi connectivity index (χ3n) is 1.82. The summed E-state index contributed by atoms with van der Waals surface area (Å²) in [7, 11) is 0. The third kappa shape index (κ3) is 1.46. The average molecular weight is 208 g/mol. The van der Waals surface area contributed by atoms with Crippen LogP contribution in [0.3, 0.4) is 0 Å². The highest BCUT2D eigenvalue weighted by Gasteiger charge is 2.19. The standard InChI is InChI=1S/C9H8N2O2S/c1-14-9-8(10-13-11(9)12)7-5-3-2-4-6-7/h2-6H,1H3. The molecule has 4 nitrogen and oxygen atoms in total. The Kier molecular flexibility index (Phi) is 2.41. The molecule has 0 saturated heterocycles. The lowest BCUT2D eigenvalue weighted by molar-refractivity contribution is -0.831. The van der Waals surface area contributed by atoms with Gasteiger partial charge in [0, 0.05) is 10.7 Å². The lowest BCUT2D eigenvalue weighted by Gasteiger charge is -1.93. The van der Waals surface area contributed by atoms with Gasteiger partial charge in [0.2, 0.25) is 0 Å². The van der Waals surface area contributed by atoms with Gasteiger partial charge in [0.05, 0.1) is 0 Å². The van der Waals surface area contributed by atoms with Crippen LogP contribution in [0.15, 0.2) is 40.0 Å². The number of hydrogen-bond donors (Lipinski definition) is 0. The van der Waals surface area contributed by atoms with E-state index in [2.05, 4.69) is 9.79 Å². The van der Waals surface area contributed by atoms with Gasteiger partial charge in [-0.3, -0.25) is 4.63 Å². The van der Waals surface area contributed by atoms with Crippen molar-refractivity contribution in [2.45, 2.75) is 5.03 Å². The van der Waals surface area contributed by atoms with Crippen molar-refractivity contribution in [2.75, 3.05) is 6.26 Å². The van der Waals surface area contributed by atoms with Crippen LogP contribution in [0.25, 0.3) is 11.3 Å². The second-order valence-electron chi connectivity index (χ2n) is 2.65. The molecule has 0 bridgehead atoms. The Hall–Kier alpha value is -1.49.